The van der Waals surface area contributed by atoms with Gasteiger partial charge < -0.3 is 14.8 Å². The predicted molar refractivity (Wildman–Crippen MR) is 81.0 cm³/mol. The van der Waals surface area contributed by atoms with Gasteiger partial charge in [0.1, 0.15) is 5.58 Å². The van der Waals surface area contributed by atoms with Gasteiger partial charge in [-0.2, -0.15) is 0 Å². The Bertz CT molecular complexity index is 647. The zero-order valence-electron chi connectivity index (χ0n) is 12.3. The topological polar surface area (TPSA) is 62.5 Å². The van der Waals surface area contributed by atoms with E-state index in [4.69, 9.17) is 4.42 Å². The van der Waals surface area contributed by atoms with E-state index in [0.717, 1.165) is 41.4 Å². The van der Waals surface area contributed by atoms with Gasteiger partial charge in [0.05, 0.1) is 18.8 Å². The minimum Gasteiger partial charge on any atom is -0.464 e. The lowest BCUT2D eigenvalue weighted by atomic mass is 10.1. The van der Waals surface area contributed by atoms with Crippen molar-refractivity contribution < 1.29 is 14.3 Å². The molecule has 2 unspecified atom stereocenters. The minimum absolute atomic E-state index is 0.0136. The molecule has 0 spiro atoms. The SMILES string of the molecule is Cc1ccc2c(CC(=O)NCC3CCC(O)C3)coc2c1. The number of nitrogens with one attached hydrogen (secondary N) is 1. The third-order valence-corrected chi connectivity index (χ3v) is 4.26. The van der Waals surface area contributed by atoms with E-state index in [9.17, 15) is 9.90 Å². The zero-order chi connectivity index (χ0) is 14.8. The molecule has 1 aliphatic carbocycles. The standard InChI is InChI=1S/C17H21NO3/c1-11-2-5-15-13(10-21-16(15)6-11)8-17(20)18-9-12-3-4-14(19)7-12/h2,5-6,10,12,14,19H,3-4,7-9H2,1H3,(H,18,20). The van der Waals surface area contributed by atoms with E-state index in [-0.39, 0.29) is 12.0 Å². The molecule has 1 heterocycles. The van der Waals surface area contributed by atoms with Crippen LogP contribution in [-0.2, 0) is 11.2 Å². The average Bonchev–Trinajstić information content (AvgIpc) is 3.03. The molecule has 2 aromatic rings. The first-order chi connectivity index (χ1) is 10.1. The molecule has 1 fully saturated rings. The number of hydrogen-bond acceptors (Lipinski definition) is 3. The summed E-state index contributed by atoms with van der Waals surface area (Å²) in [4.78, 5) is 12.0. The first kappa shape index (κ1) is 14.1. The summed E-state index contributed by atoms with van der Waals surface area (Å²) in [5, 5.41) is 13.5. The summed E-state index contributed by atoms with van der Waals surface area (Å²) >= 11 is 0. The summed E-state index contributed by atoms with van der Waals surface area (Å²) in [6.45, 7) is 2.68. The van der Waals surface area contributed by atoms with Crippen LogP contribution < -0.4 is 5.32 Å². The largest absolute Gasteiger partial charge is 0.464 e. The van der Waals surface area contributed by atoms with Gasteiger partial charge in [-0.25, -0.2) is 0 Å². The lowest BCUT2D eigenvalue weighted by Gasteiger charge is -2.10. The van der Waals surface area contributed by atoms with Crippen molar-refractivity contribution in [3.05, 3.63) is 35.6 Å². The fourth-order valence-electron chi connectivity index (χ4n) is 3.05. The monoisotopic (exact) mass is 287 g/mol. The third-order valence-electron chi connectivity index (χ3n) is 4.26. The van der Waals surface area contributed by atoms with Crippen LogP contribution in [0, 0.1) is 12.8 Å². The number of carbonyl (C=O) groups is 1. The molecule has 1 aliphatic rings. The Kier molecular flexibility index (Phi) is 3.97. The minimum atomic E-state index is -0.187. The molecule has 0 saturated heterocycles. The van der Waals surface area contributed by atoms with E-state index in [0.29, 0.717) is 18.9 Å². The summed E-state index contributed by atoms with van der Waals surface area (Å²) < 4.78 is 5.51. The molecule has 1 aromatic carbocycles. The Morgan fingerprint density at radius 3 is 3.05 bits per heavy atom. The smallest absolute Gasteiger partial charge is 0.224 e. The number of benzene rings is 1. The molecular formula is C17H21NO3. The first-order valence-electron chi connectivity index (χ1n) is 7.53. The highest BCUT2D eigenvalue weighted by Crippen LogP contribution is 2.25. The van der Waals surface area contributed by atoms with Crippen molar-refractivity contribution in [2.45, 2.75) is 38.7 Å². The van der Waals surface area contributed by atoms with E-state index in [1.807, 2.05) is 25.1 Å². The molecule has 112 valence electrons. The lowest BCUT2D eigenvalue weighted by Crippen LogP contribution is -2.29. The van der Waals surface area contributed by atoms with Crippen LogP contribution in [0.15, 0.2) is 28.9 Å². The predicted octanol–water partition coefficient (Wildman–Crippen LogP) is 2.56. The normalized spacial score (nSPS) is 21.8. The number of aryl methyl sites for hydroxylation is 1. The van der Waals surface area contributed by atoms with E-state index in [2.05, 4.69) is 5.32 Å². The number of rotatable bonds is 4. The fraction of sp³-hybridized carbons (Fsp3) is 0.471. The van der Waals surface area contributed by atoms with Gasteiger partial charge in [-0.3, -0.25) is 4.79 Å². The van der Waals surface area contributed by atoms with Crippen molar-refractivity contribution in [2.75, 3.05) is 6.54 Å². The van der Waals surface area contributed by atoms with Gasteiger partial charge >= 0.3 is 0 Å². The van der Waals surface area contributed by atoms with Crippen molar-refractivity contribution in [1.29, 1.82) is 0 Å². The molecule has 2 atom stereocenters. The molecule has 0 aliphatic heterocycles. The van der Waals surface area contributed by atoms with Crippen LogP contribution >= 0.6 is 0 Å². The second-order valence-corrected chi connectivity index (χ2v) is 6.07. The number of hydrogen-bond donors (Lipinski definition) is 2. The van der Waals surface area contributed by atoms with Crippen LogP contribution in [0.4, 0.5) is 0 Å². The van der Waals surface area contributed by atoms with E-state index >= 15 is 0 Å². The second kappa shape index (κ2) is 5.90. The highest BCUT2D eigenvalue weighted by molar-refractivity contribution is 5.87. The van der Waals surface area contributed by atoms with Crippen LogP contribution in [0.3, 0.4) is 0 Å². The third kappa shape index (κ3) is 3.27. The molecule has 2 N–H and O–H groups in total. The number of carbonyl (C=O) groups excluding carboxylic acids is 1. The van der Waals surface area contributed by atoms with Gasteiger partial charge in [-0.05, 0) is 43.7 Å². The van der Waals surface area contributed by atoms with Crippen LogP contribution in [0.25, 0.3) is 11.0 Å². The molecule has 1 aromatic heterocycles. The van der Waals surface area contributed by atoms with Gasteiger partial charge in [0.15, 0.2) is 0 Å². The number of aliphatic hydroxyl groups is 1. The van der Waals surface area contributed by atoms with Crippen molar-refractivity contribution >= 4 is 16.9 Å². The Morgan fingerprint density at radius 2 is 2.29 bits per heavy atom. The quantitative estimate of drug-likeness (QED) is 0.908. The van der Waals surface area contributed by atoms with Gasteiger partial charge in [0.25, 0.3) is 0 Å². The molecule has 4 heteroatoms. The summed E-state index contributed by atoms with van der Waals surface area (Å²) in [5.41, 5.74) is 2.90. The highest BCUT2D eigenvalue weighted by atomic mass is 16.3. The molecular weight excluding hydrogens is 266 g/mol. The Labute approximate surface area is 124 Å². The molecule has 4 nitrogen and oxygen atoms in total. The summed E-state index contributed by atoms with van der Waals surface area (Å²) in [6, 6.07) is 6.01. The van der Waals surface area contributed by atoms with Crippen molar-refractivity contribution in [3.8, 4) is 0 Å². The maximum atomic E-state index is 12.0. The van der Waals surface area contributed by atoms with Gasteiger partial charge in [-0.15, -0.1) is 0 Å². The number of fused-ring (bicyclic) bond motifs is 1. The van der Waals surface area contributed by atoms with Crippen LogP contribution in [0.2, 0.25) is 0 Å². The number of aliphatic hydroxyl groups excluding tert-OH is 1. The Hall–Kier alpha value is -1.81. The fourth-order valence-corrected chi connectivity index (χ4v) is 3.05. The molecule has 1 saturated carbocycles. The Morgan fingerprint density at radius 1 is 1.43 bits per heavy atom. The highest BCUT2D eigenvalue weighted by Gasteiger charge is 2.23. The number of furan rings is 1. The van der Waals surface area contributed by atoms with Crippen LogP contribution in [-0.4, -0.2) is 23.7 Å². The van der Waals surface area contributed by atoms with Gasteiger partial charge in [0.2, 0.25) is 5.91 Å². The van der Waals surface area contributed by atoms with E-state index in [1.165, 1.54) is 0 Å². The van der Waals surface area contributed by atoms with Crippen LogP contribution in [0.5, 0.6) is 0 Å². The zero-order valence-corrected chi connectivity index (χ0v) is 12.3. The second-order valence-electron chi connectivity index (χ2n) is 6.07. The molecule has 21 heavy (non-hydrogen) atoms. The molecule has 1 amide bonds. The van der Waals surface area contributed by atoms with E-state index in [1.54, 1.807) is 6.26 Å². The maximum absolute atomic E-state index is 12.0. The lowest BCUT2D eigenvalue weighted by molar-refractivity contribution is -0.120. The summed E-state index contributed by atoms with van der Waals surface area (Å²) in [7, 11) is 0. The maximum Gasteiger partial charge on any atom is 0.224 e. The van der Waals surface area contributed by atoms with Crippen molar-refractivity contribution in [3.63, 3.8) is 0 Å². The van der Waals surface area contributed by atoms with Crippen molar-refractivity contribution in [2.24, 2.45) is 5.92 Å². The van der Waals surface area contributed by atoms with E-state index < -0.39 is 0 Å². The first-order valence-corrected chi connectivity index (χ1v) is 7.53. The number of amides is 1. The van der Waals surface area contributed by atoms with Gasteiger partial charge in [0, 0.05) is 17.5 Å². The molecule has 0 radical (unpaired) electrons. The van der Waals surface area contributed by atoms with Gasteiger partial charge in [-0.1, -0.05) is 12.1 Å². The molecule has 0 bridgehead atoms. The summed E-state index contributed by atoms with van der Waals surface area (Å²) in [6.07, 6.45) is 4.47. The average molecular weight is 287 g/mol. The van der Waals surface area contributed by atoms with Crippen molar-refractivity contribution in [1.82, 2.24) is 5.32 Å². The van der Waals surface area contributed by atoms with Crippen LogP contribution in [0.1, 0.15) is 30.4 Å². The Balaban J connectivity index is 1.58. The molecule has 3 rings (SSSR count). The summed E-state index contributed by atoms with van der Waals surface area (Å²) in [5.74, 6) is 0.423.